The van der Waals surface area contributed by atoms with Crippen molar-refractivity contribution in [2.45, 2.75) is 6.04 Å². The first kappa shape index (κ1) is 7.77. The highest BCUT2D eigenvalue weighted by atomic mass is 15.0. The number of hydrogen-bond acceptors (Lipinski definition) is 3. The molecular weight excluding hydrogens is 164 g/mol. The minimum absolute atomic E-state index is 0.614. The Labute approximate surface area is 75.2 Å². The average molecular weight is 172 g/mol. The van der Waals surface area contributed by atoms with E-state index in [1.165, 1.54) is 0 Å². The lowest BCUT2D eigenvalue weighted by molar-refractivity contribution is 0.858. The molecule has 0 aliphatic rings. The van der Waals surface area contributed by atoms with E-state index in [9.17, 15) is 0 Å². The van der Waals surface area contributed by atoms with Crippen molar-refractivity contribution in [3.8, 4) is 6.07 Å². The molecule has 64 valence electrons. The van der Waals surface area contributed by atoms with Gasteiger partial charge >= 0.3 is 0 Å². The van der Waals surface area contributed by atoms with E-state index < -0.39 is 6.04 Å². The fourth-order valence-electron chi connectivity index (χ4n) is 1.25. The molecule has 13 heavy (non-hydrogen) atoms. The zero-order valence-corrected chi connectivity index (χ0v) is 6.88. The van der Waals surface area contributed by atoms with Crippen molar-refractivity contribution in [2.24, 2.45) is 5.73 Å². The summed E-state index contributed by atoms with van der Waals surface area (Å²) in [6.07, 6.45) is 3.47. The molecule has 0 spiro atoms. The second-order valence-electron chi connectivity index (χ2n) is 2.72. The van der Waals surface area contributed by atoms with Crippen LogP contribution in [0.25, 0.3) is 5.65 Å². The molecule has 2 rings (SSSR count). The number of nitrogens with two attached hydrogens (primary N) is 1. The maximum atomic E-state index is 8.65. The Morgan fingerprint density at radius 1 is 1.54 bits per heavy atom. The number of nitriles is 1. The van der Waals surface area contributed by atoms with Crippen molar-refractivity contribution in [2.75, 3.05) is 0 Å². The number of rotatable bonds is 1. The van der Waals surface area contributed by atoms with Crippen LogP contribution >= 0.6 is 0 Å². The van der Waals surface area contributed by atoms with Crippen LogP contribution < -0.4 is 5.73 Å². The quantitative estimate of drug-likeness (QED) is 0.693. The Hall–Kier alpha value is -1.86. The molecule has 0 aliphatic carbocycles. The van der Waals surface area contributed by atoms with Crippen molar-refractivity contribution in [3.63, 3.8) is 0 Å². The molecule has 0 fully saturated rings. The lowest BCUT2D eigenvalue weighted by Crippen LogP contribution is -2.09. The number of pyridine rings is 1. The van der Waals surface area contributed by atoms with Crippen LogP contribution in [0.4, 0.5) is 0 Å². The standard InChI is InChI=1S/C9H8N4/c10-5-7(11)8-6-12-9-3-1-2-4-13(8)9/h1-4,6-7H,11H2. The summed E-state index contributed by atoms with van der Waals surface area (Å²) in [5.74, 6) is 0. The van der Waals surface area contributed by atoms with E-state index in [0.29, 0.717) is 0 Å². The molecule has 1 atom stereocenters. The van der Waals surface area contributed by atoms with Crippen LogP contribution in [0.2, 0.25) is 0 Å². The zero-order valence-electron chi connectivity index (χ0n) is 6.88. The molecule has 1 unspecified atom stereocenters. The van der Waals surface area contributed by atoms with Gasteiger partial charge in [0.1, 0.15) is 11.7 Å². The Balaban J connectivity index is 2.66. The highest BCUT2D eigenvalue weighted by Crippen LogP contribution is 2.11. The largest absolute Gasteiger partial charge is 0.311 e. The molecule has 4 nitrogen and oxygen atoms in total. The summed E-state index contributed by atoms with van der Waals surface area (Å²) in [5.41, 5.74) is 7.11. The fraction of sp³-hybridized carbons (Fsp3) is 0.111. The van der Waals surface area contributed by atoms with Gasteiger partial charge in [-0.15, -0.1) is 0 Å². The van der Waals surface area contributed by atoms with Gasteiger partial charge in [0, 0.05) is 6.20 Å². The molecule has 2 aromatic heterocycles. The molecule has 0 saturated carbocycles. The molecule has 4 heteroatoms. The second-order valence-corrected chi connectivity index (χ2v) is 2.72. The molecular formula is C9H8N4. The first-order valence-electron chi connectivity index (χ1n) is 3.90. The third-order valence-electron chi connectivity index (χ3n) is 1.90. The zero-order chi connectivity index (χ0) is 9.26. The van der Waals surface area contributed by atoms with Gasteiger partial charge in [0.15, 0.2) is 0 Å². The van der Waals surface area contributed by atoms with Gasteiger partial charge in [-0.25, -0.2) is 4.98 Å². The van der Waals surface area contributed by atoms with E-state index in [0.717, 1.165) is 11.3 Å². The lowest BCUT2D eigenvalue weighted by atomic mass is 10.2. The highest BCUT2D eigenvalue weighted by Gasteiger charge is 2.09. The maximum Gasteiger partial charge on any atom is 0.136 e. The van der Waals surface area contributed by atoms with Gasteiger partial charge in [-0.1, -0.05) is 6.07 Å². The van der Waals surface area contributed by atoms with E-state index >= 15 is 0 Å². The van der Waals surface area contributed by atoms with Crippen LogP contribution in [-0.2, 0) is 0 Å². The first-order chi connectivity index (χ1) is 6.33. The predicted octanol–water partition coefficient (Wildman–Crippen LogP) is 0.858. The molecule has 0 saturated heterocycles. The van der Waals surface area contributed by atoms with Crippen molar-refractivity contribution in [1.82, 2.24) is 9.38 Å². The van der Waals surface area contributed by atoms with Gasteiger partial charge in [-0.2, -0.15) is 5.26 Å². The number of nitrogens with zero attached hydrogens (tertiary/aromatic N) is 3. The van der Waals surface area contributed by atoms with Crippen molar-refractivity contribution >= 4 is 5.65 Å². The number of imidazole rings is 1. The van der Waals surface area contributed by atoms with Crippen LogP contribution in [0.3, 0.4) is 0 Å². The van der Waals surface area contributed by atoms with E-state index in [4.69, 9.17) is 11.0 Å². The maximum absolute atomic E-state index is 8.65. The smallest absolute Gasteiger partial charge is 0.136 e. The minimum Gasteiger partial charge on any atom is -0.311 e. The van der Waals surface area contributed by atoms with Gasteiger partial charge in [0.05, 0.1) is 18.0 Å². The molecule has 2 heterocycles. The molecule has 2 aromatic rings. The van der Waals surface area contributed by atoms with E-state index in [-0.39, 0.29) is 0 Å². The normalized spacial score (nSPS) is 12.6. The Bertz CT molecular complexity index is 466. The molecule has 2 N–H and O–H groups in total. The fourth-order valence-corrected chi connectivity index (χ4v) is 1.25. The number of aromatic nitrogens is 2. The summed E-state index contributed by atoms with van der Waals surface area (Å²) in [7, 11) is 0. The molecule has 0 radical (unpaired) electrons. The van der Waals surface area contributed by atoms with Gasteiger partial charge in [0.25, 0.3) is 0 Å². The van der Waals surface area contributed by atoms with Gasteiger partial charge < -0.3 is 10.1 Å². The highest BCUT2D eigenvalue weighted by molar-refractivity contribution is 5.41. The molecule has 0 aliphatic heterocycles. The van der Waals surface area contributed by atoms with Gasteiger partial charge in [-0.05, 0) is 12.1 Å². The van der Waals surface area contributed by atoms with Crippen molar-refractivity contribution in [3.05, 3.63) is 36.3 Å². The van der Waals surface area contributed by atoms with Crippen LogP contribution in [0.5, 0.6) is 0 Å². The monoisotopic (exact) mass is 172 g/mol. The van der Waals surface area contributed by atoms with E-state index in [1.807, 2.05) is 34.9 Å². The number of hydrogen-bond donors (Lipinski definition) is 1. The molecule has 0 amide bonds. The lowest BCUT2D eigenvalue weighted by Gasteiger charge is -2.01. The van der Waals surface area contributed by atoms with Crippen molar-refractivity contribution < 1.29 is 0 Å². The summed E-state index contributed by atoms with van der Waals surface area (Å²) < 4.78 is 1.81. The summed E-state index contributed by atoms with van der Waals surface area (Å²) in [6.45, 7) is 0. The summed E-state index contributed by atoms with van der Waals surface area (Å²) in [5, 5.41) is 8.65. The Morgan fingerprint density at radius 2 is 2.38 bits per heavy atom. The minimum atomic E-state index is -0.614. The van der Waals surface area contributed by atoms with E-state index in [2.05, 4.69) is 4.98 Å². The van der Waals surface area contributed by atoms with Gasteiger partial charge in [0.2, 0.25) is 0 Å². The molecule has 0 bridgehead atoms. The van der Waals surface area contributed by atoms with E-state index in [1.54, 1.807) is 6.20 Å². The van der Waals surface area contributed by atoms with Crippen LogP contribution in [0.15, 0.2) is 30.6 Å². The summed E-state index contributed by atoms with van der Waals surface area (Å²) in [4.78, 5) is 4.12. The third-order valence-corrected chi connectivity index (χ3v) is 1.90. The summed E-state index contributed by atoms with van der Waals surface area (Å²) in [6, 6.07) is 7.00. The first-order valence-corrected chi connectivity index (χ1v) is 3.90. The van der Waals surface area contributed by atoms with Crippen molar-refractivity contribution in [1.29, 1.82) is 5.26 Å². The average Bonchev–Trinajstić information content (AvgIpc) is 2.60. The summed E-state index contributed by atoms with van der Waals surface area (Å²) >= 11 is 0. The van der Waals surface area contributed by atoms with Crippen LogP contribution in [0, 0.1) is 11.3 Å². The third kappa shape index (κ3) is 1.15. The second kappa shape index (κ2) is 2.88. The Kier molecular flexibility index (Phi) is 1.72. The molecule has 0 aromatic carbocycles. The van der Waals surface area contributed by atoms with Crippen LogP contribution in [0.1, 0.15) is 11.7 Å². The van der Waals surface area contributed by atoms with Crippen LogP contribution in [-0.4, -0.2) is 9.38 Å². The van der Waals surface area contributed by atoms with Gasteiger partial charge in [-0.3, -0.25) is 0 Å². The predicted molar refractivity (Wildman–Crippen MR) is 47.7 cm³/mol. The number of fused-ring (bicyclic) bond motifs is 1. The Morgan fingerprint density at radius 3 is 3.15 bits per heavy atom. The SMILES string of the molecule is N#CC(N)c1cnc2ccccn12. The topological polar surface area (TPSA) is 67.1 Å².